The summed E-state index contributed by atoms with van der Waals surface area (Å²) < 4.78 is 6.38. The Labute approximate surface area is 122 Å². The molecule has 1 aromatic rings. The van der Waals surface area contributed by atoms with E-state index in [1.165, 1.54) is 0 Å². The van der Waals surface area contributed by atoms with Crippen LogP contribution in [0.2, 0.25) is 0 Å². The first-order valence-corrected chi connectivity index (χ1v) is 7.08. The quantitative estimate of drug-likeness (QED) is 0.843. The molecule has 19 heavy (non-hydrogen) atoms. The molecule has 0 aliphatic carbocycles. The molecule has 0 saturated heterocycles. The van der Waals surface area contributed by atoms with Crippen LogP contribution in [0.1, 0.15) is 31.1 Å². The average Bonchev–Trinajstić information content (AvgIpc) is 2.33. The Morgan fingerprint density at radius 3 is 2.63 bits per heavy atom. The standard InChI is InChI=1S/C14H20BrNO3/c1-9(2)19-13-5-11(4-12(15)6-13)14(18)16-7-10(3)8-17/h4-6,9-10,17H,7-8H2,1-3H3,(H,16,18). The number of carbonyl (C=O) groups excluding carboxylic acids is 1. The van der Waals surface area contributed by atoms with Crippen LogP contribution in [0.5, 0.6) is 5.75 Å². The van der Waals surface area contributed by atoms with Crippen molar-refractivity contribution < 1.29 is 14.6 Å². The number of benzene rings is 1. The SMILES string of the molecule is CC(CO)CNC(=O)c1cc(Br)cc(OC(C)C)c1. The van der Waals surface area contributed by atoms with Crippen LogP contribution >= 0.6 is 15.9 Å². The molecule has 0 aromatic heterocycles. The zero-order chi connectivity index (χ0) is 14.4. The van der Waals surface area contributed by atoms with E-state index in [1.54, 1.807) is 12.1 Å². The van der Waals surface area contributed by atoms with Gasteiger partial charge in [-0.2, -0.15) is 0 Å². The predicted octanol–water partition coefficient (Wildman–Crippen LogP) is 2.59. The number of rotatable bonds is 6. The maximum absolute atomic E-state index is 12.0. The Bertz CT molecular complexity index is 435. The fraction of sp³-hybridized carbons (Fsp3) is 0.500. The van der Waals surface area contributed by atoms with Gasteiger partial charge in [0.05, 0.1) is 6.10 Å². The molecule has 1 amide bonds. The van der Waals surface area contributed by atoms with Gasteiger partial charge in [0.1, 0.15) is 5.75 Å². The molecule has 0 fully saturated rings. The fourth-order valence-corrected chi connectivity index (χ4v) is 1.94. The third kappa shape index (κ3) is 5.61. The predicted molar refractivity (Wildman–Crippen MR) is 78.5 cm³/mol. The summed E-state index contributed by atoms with van der Waals surface area (Å²) in [6.45, 7) is 6.24. The van der Waals surface area contributed by atoms with Gasteiger partial charge in [-0.1, -0.05) is 22.9 Å². The van der Waals surface area contributed by atoms with Crippen molar-refractivity contribution in [3.8, 4) is 5.75 Å². The van der Waals surface area contributed by atoms with Gasteiger partial charge in [-0.25, -0.2) is 0 Å². The van der Waals surface area contributed by atoms with E-state index < -0.39 is 0 Å². The minimum atomic E-state index is -0.171. The molecular weight excluding hydrogens is 310 g/mol. The van der Waals surface area contributed by atoms with Gasteiger partial charge in [0, 0.05) is 23.2 Å². The van der Waals surface area contributed by atoms with E-state index in [0.717, 1.165) is 4.47 Å². The maximum Gasteiger partial charge on any atom is 0.251 e. The van der Waals surface area contributed by atoms with Gasteiger partial charge in [0.25, 0.3) is 5.91 Å². The van der Waals surface area contributed by atoms with Gasteiger partial charge in [-0.3, -0.25) is 4.79 Å². The summed E-state index contributed by atoms with van der Waals surface area (Å²) in [7, 11) is 0. The second kappa shape index (κ2) is 7.50. The molecule has 2 N–H and O–H groups in total. The number of amides is 1. The van der Waals surface area contributed by atoms with Crippen LogP contribution in [-0.4, -0.2) is 30.3 Å². The van der Waals surface area contributed by atoms with Gasteiger partial charge in [0.15, 0.2) is 0 Å². The smallest absolute Gasteiger partial charge is 0.251 e. The number of hydrogen-bond acceptors (Lipinski definition) is 3. The second-order valence-electron chi connectivity index (χ2n) is 4.84. The molecule has 4 nitrogen and oxygen atoms in total. The van der Waals surface area contributed by atoms with Crippen LogP contribution < -0.4 is 10.1 Å². The second-order valence-corrected chi connectivity index (χ2v) is 5.76. The monoisotopic (exact) mass is 329 g/mol. The summed E-state index contributed by atoms with van der Waals surface area (Å²) in [6, 6.07) is 5.28. The van der Waals surface area contributed by atoms with Crippen LogP contribution in [0.15, 0.2) is 22.7 Å². The Kier molecular flexibility index (Phi) is 6.31. The van der Waals surface area contributed by atoms with Gasteiger partial charge in [-0.15, -0.1) is 0 Å². The number of hydrogen-bond donors (Lipinski definition) is 2. The third-order valence-corrected chi connectivity index (χ3v) is 2.89. The van der Waals surface area contributed by atoms with E-state index in [1.807, 2.05) is 26.8 Å². The van der Waals surface area contributed by atoms with Crippen LogP contribution in [0.4, 0.5) is 0 Å². The van der Waals surface area contributed by atoms with Crippen molar-refractivity contribution in [3.63, 3.8) is 0 Å². The fourth-order valence-electron chi connectivity index (χ4n) is 1.47. The number of halogens is 1. The van der Waals surface area contributed by atoms with E-state index in [0.29, 0.717) is 17.9 Å². The molecule has 0 heterocycles. The van der Waals surface area contributed by atoms with E-state index in [2.05, 4.69) is 21.2 Å². The number of carbonyl (C=O) groups is 1. The van der Waals surface area contributed by atoms with E-state index in [-0.39, 0.29) is 24.5 Å². The molecule has 0 saturated carbocycles. The molecule has 1 aromatic carbocycles. The first kappa shape index (κ1) is 16.0. The molecule has 106 valence electrons. The highest BCUT2D eigenvalue weighted by molar-refractivity contribution is 9.10. The molecule has 1 rings (SSSR count). The summed E-state index contributed by atoms with van der Waals surface area (Å²) >= 11 is 3.36. The molecule has 0 spiro atoms. The number of ether oxygens (including phenoxy) is 1. The Morgan fingerprint density at radius 2 is 2.05 bits per heavy atom. The highest BCUT2D eigenvalue weighted by atomic mass is 79.9. The van der Waals surface area contributed by atoms with E-state index in [4.69, 9.17) is 9.84 Å². The summed E-state index contributed by atoms with van der Waals surface area (Å²) in [5.41, 5.74) is 0.537. The van der Waals surface area contributed by atoms with Crippen molar-refractivity contribution in [3.05, 3.63) is 28.2 Å². The lowest BCUT2D eigenvalue weighted by Crippen LogP contribution is -2.29. The summed E-state index contributed by atoms with van der Waals surface area (Å²) in [5.74, 6) is 0.530. The van der Waals surface area contributed by atoms with Crippen molar-refractivity contribution >= 4 is 21.8 Å². The van der Waals surface area contributed by atoms with Gasteiger partial charge < -0.3 is 15.2 Å². The Balaban J connectivity index is 2.76. The normalized spacial score (nSPS) is 12.3. The van der Waals surface area contributed by atoms with Gasteiger partial charge >= 0.3 is 0 Å². The molecule has 0 bridgehead atoms. The van der Waals surface area contributed by atoms with Crippen molar-refractivity contribution in [2.45, 2.75) is 26.9 Å². The molecule has 1 atom stereocenters. The molecule has 1 unspecified atom stereocenters. The minimum Gasteiger partial charge on any atom is -0.491 e. The van der Waals surface area contributed by atoms with Crippen LogP contribution in [0, 0.1) is 5.92 Å². The third-order valence-electron chi connectivity index (χ3n) is 2.43. The molecule has 0 radical (unpaired) electrons. The zero-order valence-corrected chi connectivity index (χ0v) is 13.0. The van der Waals surface area contributed by atoms with Crippen LogP contribution in [-0.2, 0) is 0 Å². The minimum absolute atomic E-state index is 0.0440. The lowest BCUT2D eigenvalue weighted by Gasteiger charge is -2.13. The van der Waals surface area contributed by atoms with Crippen molar-refractivity contribution in [1.29, 1.82) is 0 Å². The van der Waals surface area contributed by atoms with E-state index in [9.17, 15) is 4.79 Å². The highest BCUT2D eigenvalue weighted by Crippen LogP contribution is 2.22. The summed E-state index contributed by atoms with van der Waals surface area (Å²) in [4.78, 5) is 12.0. The topological polar surface area (TPSA) is 58.6 Å². The molecule has 5 heteroatoms. The number of aliphatic hydroxyl groups is 1. The van der Waals surface area contributed by atoms with E-state index >= 15 is 0 Å². The first-order chi connectivity index (χ1) is 8.92. The largest absolute Gasteiger partial charge is 0.491 e. The number of nitrogens with one attached hydrogen (secondary N) is 1. The zero-order valence-electron chi connectivity index (χ0n) is 11.4. The lowest BCUT2D eigenvalue weighted by atomic mass is 10.1. The summed E-state index contributed by atoms with van der Waals surface area (Å²) in [5, 5.41) is 11.7. The summed E-state index contributed by atoms with van der Waals surface area (Å²) in [6.07, 6.45) is 0.0552. The Hall–Kier alpha value is -1.07. The van der Waals surface area contributed by atoms with Crippen molar-refractivity contribution in [2.24, 2.45) is 5.92 Å². The highest BCUT2D eigenvalue weighted by Gasteiger charge is 2.10. The van der Waals surface area contributed by atoms with Crippen LogP contribution in [0.25, 0.3) is 0 Å². The average molecular weight is 330 g/mol. The first-order valence-electron chi connectivity index (χ1n) is 6.28. The van der Waals surface area contributed by atoms with Crippen molar-refractivity contribution in [2.75, 3.05) is 13.2 Å². The lowest BCUT2D eigenvalue weighted by molar-refractivity contribution is 0.0941. The maximum atomic E-state index is 12.0. The van der Waals surface area contributed by atoms with Crippen LogP contribution in [0.3, 0.4) is 0 Å². The van der Waals surface area contributed by atoms with Gasteiger partial charge in [-0.05, 0) is 38.0 Å². The van der Waals surface area contributed by atoms with Gasteiger partial charge in [0.2, 0.25) is 0 Å². The molecule has 0 aliphatic heterocycles. The number of aliphatic hydroxyl groups excluding tert-OH is 1. The Morgan fingerprint density at radius 1 is 1.37 bits per heavy atom. The van der Waals surface area contributed by atoms with Crippen molar-refractivity contribution in [1.82, 2.24) is 5.32 Å². The molecule has 0 aliphatic rings. The molecular formula is C14H20BrNO3.